The van der Waals surface area contributed by atoms with E-state index in [9.17, 15) is 4.79 Å². The number of tetrazole rings is 1. The largest absolute Gasteiger partial charge is 0.321 e. The second-order valence-electron chi connectivity index (χ2n) is 10.3. The van der Waals surface area contributed by atoms with Gasteiger partial charge in [-0.2, -0.15) is 0 Å². The molecule has 0 aliphatic heterocycles. The minimum absolute atomic E-state index is 0.0134. The van der Waals surface area contributed by atoms with Crippen molar-refractivity contribution in [3.05, 3.63) is 87.0 Å². The van der Waals surface area contributed by atoms with E-state index in [4.69, 9.17) is 0 Å². The molecule has 0 spiro atoms. The number of hydrogen-bond acceptors (Lipinski definition) is 5. The number of benzene rings is 2. The molecule has 1 atom stereocenters. The lowest BCUT2D eigenvalue weighted by atomic mass is 10.0. The first kappa shape index (κ1) is 24.4. The lowest BCUT2D eigenvalue weighted by molar-refractivity contribution is 0.153. The van der Waals surface area contributed by atoms with Crippen LogP contribution in [0, 0.1) is 13.8 Å². The van der Waals surface area contributed by atoms with Crippen LogP contribution in [0.2, 0.25) is 0 Å². The van der Waals surface area contributed by atoms with E-state index in [1.165, 1.54) is 24.0 Å². The maximum atomic E-state index is 13.2. The van der Waals surface area contributed by atoms with Gasteiger partial charge < -0.3 is 4.98 Å². The summed E-state index contributed by atoms with van der Waals surface area (Å²) in [6.07, 6.45) is 6.61. The van der Waals surface area contributed by atoms with Crippen molar-refractivity contribution in [2.75, 3.05) is 0 Å². The Morgan fingerprint density at radius 1 is 1.08 bits per heavy atom. The summed E-state index contributed by atoms with van der Waals surface area (Å²) in [5.74, 6) is 0.920. The van der Waals surface area contributed by atoms with Crippen LogP contribution in [0.15, 0.2) is 53.3 Å². The number of aryl methyl sites for hydroxylation is 2. The Labute approximate surface area is 212 Å². The van der Waals surface area contributed by atoms with Gasteiger partial charge in [0.25, 0.3) is 5.56 Å². The Morgan fingerprint density at radius 2 is 1.86 bits per heavy atom. The highest BCUT2D eigenvalue weighted by Gasteiger charge is 2.30. The zero-order valence-electron chi connectivity index (χ0n) is 21.6. The van der Waals surface area contributed by atoms with Crippen LogP contribution < -0.4 is 5.56 Å². The fraction of sp³-hybridized carbons (Fsp3) is 0.448. The van der Waals surface area contributed by atoms with Gasteiger partial charge >= 0.3 is 0 Å². The minimum Gasteiger partial charge on any atom is -0.321 e. The Balaban J connectivity index is 1.55. The SMILES string of the molecule is CCC[C@H](c1nnnn1C1CCCC1)N(Cc1ccc(C)cc1)Cc1cc2cccc(C)c2[nH]c1=O. The monoisotopic (exact) mass is 484 g/mol. The summed E-state index contributed by atoms with van der Waals surface area (Å²) < 4.78 is 2.07. The molecule has 36 heavy (non-hydrogen) atoms. The Bertz CT molecular complexity index is 1370. The van der Waals surface area contributed by atoms with Crippen LogP contribution in [0.3, 0.4) is 0 Å². The minimum atomic E-state index is -0.0312. The second kappa shape index (κ2) is 10.7. The van der Waals surface area contributed by atoms with Gasteiger partial charge in [-0.15, -0.1) is 5.10 Å². The molecule has 4 aromatic rings. The zero-order valence-corrected chi connectivity index (χ0v) is 21.6. The molecule has 2 aromatic heterocycles. The molecule has 188 valence electrons. The number of aromatic amines is 1. The van der Waals surface area contributed by atoms with Gasteiger partial charge in [-0.3, -0.25) is 9.69 Å². The third-order valence-electron chi connectivity index (χ3n) is 7.53. The normalized spacial score (nSPS) is 15.2. The highest BCUT2D eigenvalue weighted by Crippen LogP contribution is 2.34. The topological polar surface area (TPSA) is 79.7 Å². The van der Waals surface area contributed by atoms with Crippen molar-refractivity contribution in [3.8, 4) is 0 Å². The number of fused-ring (bicyclic) bond motifs is 1. The van der Waals surface area contributed by atoms with E-state index in [-0.39, 0.29) is 11.6 Å². The van der Waals surface area contributed by atoms with E-state index in [1.807, 2.05) is 25.1 Å². The van der Waals surface area contributed by atoms with Gasteiger partial charge in [-0.1, -0.05) is 74.2 Å². The van der Waals surface area contributed by atoms with E-state index in [0.29, 0.717) is 19.1 Å². The van der Waals surface area contributed by atoms with Crippen molar-refractivity contribution in [1.29, 1.82) is 0 Å². The molecule has 5 rings (SSSR count). The molecule has 1 aliphatic carbocycles. The predicted octanol–water partition coefficient (Wildman–Crippen LogP) is 5.79. The number of nitrogens with zero attached hydrogens (tertiary/aromatic N) is 5. The molecule has 2 heterocycles. The number of para-hydroxylation sites is 1. The molecule has 1 aliphatic rings. The van der Waals surface area contributed by atoms with Crippen LogP contribution >= 0.6 is 0 Å². The summed E-state index contributed by atoms with van der Waals surface area (Å²) in [7, 11) is 0. The summed E-state index contributed by atoms with van der Waals surface area (Å²) in [5, 5.41) is 14.2. The fourth-order valence-electron chi connectivity index (χ4n) is 5.55. The van der Waals surface area contributed by atoms with Crippen molar-refractivity contribution in [1.82, 2.24) is 30.1 Å². The average molecular weight is 485 g/mol. The standard InChI is InChI=1S/C29H36N6O/c1-4-8-26(28-31-32-33-35(28)25-11-5-6-12-25)34(18-22-15-13-20(2)14-16-22)19-24-17-23-10-7-9-21(3)27(23)30-29(24)36/h7,9-10,13-17,25-26H,4-6,8,11-12,18-19H2,1-3H3,(H,30,36)/t26-/m1/s1. The molecule has 0 amide bonds. The average Bonchev–Trinajstić information content (AvgIpc) is 3.57. The number of aromatic nitrogens is 5. The first-order valence-electron chi connectivity index (χ1n) is 13.2. The molecule has 1 N–H and O–H groups in total. The van der Waals surface area contributed by atoms with Gasteiger partial charge in [0, 0.05) is 18.7 Å². The van der Waals surface area contributed by atoms with Crippen LogP contribution in [0.25, 0.3) is 10.9 Å². The molecule has 1 saturated carbocycles. The van der Waals surface area contributed by atoms with Gasteiger partial charge in [0.15, 0.2) is 5.82 Å². The number of hydrogen-bond donors (Lipinski definition) is 1. The van der Waals surface area contributed by atoms with E-state index >= 15 is 0 Å². The van der Waals surface area contributed by atoms with E-state index in [0.717, 1.165) is 53.5 Å². The molecular weight excluding hydrogens is 448 g/mol. The van der Waals surface area contributed by atoms with Crippen molar-refractivity contribution in [2.24, 2.45) is 0 Å². The van der Waals surface area contributed by atoms with Crippen LogP contribution in [0.5, 0.6) is 0 Å². The quantitative estimate of drug-likeness (QED) is 0.325. The third-order valence-corrected chi connectivity index (χ3v) is 7.53. The molecule has 0 bridgehead atoms. The maximum absolute atomic E-state index is 13.2. The zero-order chi connectivity index (χ0) is 25.1. The smallest absolute Gasteiger partial charge is 0.252 e. The van der Waals surface area contributed by atoms with Gasteiger partial charge in [-0.25, -0.2) is 4.68 Å². The number of H-pyrrole nitrogens is 1. The van der Waals surface area contributed by atoms with Crippen LogP contribution in [-0.4, -0.2) is 30.1 Å². The van der Waals surface area contributed by atoms with Crippen LogP contribution in [0.1, 0.15) is 85.6 Å². The lowest BCUT2D eigenvalue weighted by Gasteiger charge is -2.31. The van der Waals surface area contributed by atoms with Crippen molar-refractivity contribution < 1.29 is 0 Å². The molecule has 2 aromatic carbocycles. The van der Waals surface area contributed by atoms with E-state index in [1.54, 1.807) is 0 Å². The molecule has 0 saturated heterocycles. The van der Waals surface area contributed by atoms with Crippen molar-refractivity contribution in [2.45, 2.75) is 84.5 Å². The van der Waals surface area contributed by atoms with Gasteiger partial charge in [0.2, 0.25) is 0 Å². The lowest BCUT2D eigenvalue weighted by Crippen LogP contribution is -2.33. The van der Waals surface area contributed by atoms with Crippen molar-refractivity contribution >= 4 is 10.9 Å². The highest BCUT2D eigenvalue weighted by molar-refractivity contribution is 5.81. The maximum Gasteiger partial charge on any atom is 0.252 e. The van der Waals surface area contributed by atoms with Crippen LogP contribution in [0.4, 0.5) is 0 Å². The first-order chi connectivity index (χ1) is 17.5. The summed E-state index contributed by atoms with van der Waals surface area (Å²) in [6.45, 7) is 7.57. The fourth-order valence-corrected chi connectivity index (χ4v) is 5.55. The van der Waals surface area contributed by atoms with Gasteiger partial charge in [-0.05, 0) is 66.1 Å². The molecule has 7 heteroatoms. The highest BCUT2D eigenvalue weighted by atomic mass is 16.1. The summed E-state index contributed by atoms with van der Waals surface area (Å²) in [4.78, 5) is 18.8. The summed E-state index contributed by atoms with van der Waals surface area (Å²) >= 11 is 0. The number of nitrogens with one attached hydrogen (secondary N) is 1. The van der Waals surface area contributed by atoms with E-state index < -0.39 is 0 Å². The van der Waals surface area contributed by atoms with Gasteiger partial charge in [0.05, 0.1) is 17.6 Å². The Morgan fingerprint density at radius 3 is 2.61 bits per heavy atom. The molecule has 0 unspecified atom stereocenters. The number of pyridine rings is 1. The third kappa shape index (κ3) is 5.12. The first-order valence-corrected chi connectivity index (χ1v) is 13.2. The summed E-state index contributed by atoms with van der Waals surface area (Å²) in [5.41, 5.74) is 5.17. The molecule has 1 fully saturated rings. The molecule has 7 nitrogen and oxygen atoms in total. The van der Waals surface area contributed by atoms with Gasteiger partial charge in [0.1, 0.15) is 0 Å². The Kier molecular flexibility index (Phi) is 7.28. The Hall–Kier alpha value is -3.32. The molecular formula is C29H36N6O. The second-order valence-corrected chi connectivity index (χ2v) is 10.3. The summed E-state index contributed by atoms with van der Waals surface area (Å²) in [6, 6.07) is 17.2. The van der Waals surface area contributed by atoms with Crippen molar-refractivity contribution in [3.63, 3.8) is 0 Å². The number of rotatable bonds is 9. The predicted molar refractivity (Wildman–Crippen MR) is 143 cm³/mol. The van der Waals surface area contributed by atoms with E-state index in [2.05, 4.69) is 74.3 Å². The molecule has 0 radical (unpaired) electrons. The van der Waals surface area contributed by atoms with Crippen LogP contribution in [-0.2, 0) is 13.1 Å².